The van der Waals surface area contributed by atoms with E-state index in [1.807, 2.05) is 13.1 Å². The van der Waals surface area contributed by atoms with E-state index < -0.39 is 0 Å². The van der Waals surface area contributed by atoms with E-state index in [-0.39, 0.29) is 5.82 Å². The monoisotopic (exact) mass is 235 g/mol. The molecule has 1 N–H and O–H groups in total. The second-order valence-electron chi connectivity index (χ2n) is 5.37. The van der Waals surface area contributed by atoms with Crippen molar-refractivity contribution >= 4 is 0 Å². The van der Waals surface area contributed by atoms with Gasteiger partial charge in [-0.05, 0) is 68.3 Å². The van der Waals surface area contributed by atoms with Crippen molar-refractivity contribution in [1.82, 2.24) is 5.32 Å². The quantitative estimate of drug-likeness (QED) is 0.847. The van der Waals surface area contributed by atoms with Crippen LogP contribution in [0.1, 0.15) is 30.9 Å². The Kier molecular flexibility index (Phi) is 3.82. The van der Waals surface area contributed by atoms with Crippen molar-refractivity contribution in [3.8, 4) is 0 Å². The normalized spacial score (nSPS) is 28.6. The first-order valence-electron chi connectivity index (χ1n) is 6.54. The van der Waals surface area contributed by atoms with Gasteiger partial charge in [0.1, 0.15) is 5.82 Å². The zero-order chi connectivity index (χ0) is 12.4. The van der Waals surface area contributed by atoms with Gasteiger partial charge >= 0.3 is 0 Å². The highest BCUT2D eigenvalue weighted by molar-refractivity contribution is 5.27. The maximum Gasteiger partial charge on any atom is 0.123 e. The van der Waals surface area contributed by atoms with E-state index in [1.165, 1.54) is 24.0 Å². The van der Waals surface area contributed by atoms with Gasteiger partial charge in [0.25, 0.3) is 0 Å². The lowest BCUT2D eigenvalue weighted by molar-refractivity contribution is 0.363. The SMILES string of the molecule is CNC1CCC(Cc2cc(F)ccc2C)C1C. The summed E-state index contributed by atoms with van der Waals surface area (Å²) in [4.78, 5) is 0. The van der Waals surface area contributed by atoms with Crippen molar-refractivity contribution in [2.75, 3.05) is 7.05 Å². The van der Waals surface area contributed by atoms with Gasteiger partial charge in [-0.1, -0.05) is 13.0 Å². The van der Waals surface area contributed by atoms with Crippen LogP contribution in [0.2, 0.25) is 0 Å². The second-order valence-corrected chi connectivity index (χ2v) is 5.37. The van der Waals surface area contributed by atoms with Gasteiger partial charge in [-0.15, -0.1) is 0 Å². The molecule has 2 heteroatoms. The van der Waals surface area contributed by atoms with Gasteiger partial charge in [0.05, 0.1) is 0 Å². The molecule has 3 atom stereocenters. The van der Waals surface area contributed by atoms with Gasteiger partial charge in [-0.2, -0.15) is 0 Å². The number of aryl methyl sites for hydroxylation is 1. The largest absolute Gasteiger partial charge is 0.317 e. The van der Waals surface area contributed by atoms with Crippen LogP contribution in [-0.2, 0) is 6.42 Å². The molecule has 0 radical (unpaired) electrons. The Balaban J connectivity index is 2.09. The van der Waals surface area contributed by atoms with Gasteiger partial charge in [0.2, 0.25) is 0 Å². The molecule has 0 bridgehead atoms. The van der Waals surface area contributed by atoms with Gasteiger partial charge in [0, 0.05) is 6.04 Å². The minimum Gasteiger partial charge on any atom is -0.317 e. The molecule has 0 saturated heterocycles. The first-order valence-corrected chi connectivity index (χ1v) is 6.54. The van der Waals surface area contributed by atoms with E-state index in [0.29, 0.717) is 17.9 Å². The lowest BCUT2D eigenvalue weighted by atomic mass is 9.88. The third-order valence-electron chi connectivity index (χ3n) is 4.39. The summed E-state index contributed by atoms with van der Waals surface area (Å²) in [6, 6.07) is 5.77. The Bertz CT molecular complexity index is 389. The molecule has 1 aliphatic rings. The van der Waals surface area contributed by atoms with Crippen molar-refractivity contribution in [1.29, 1.82) is 0 Å². The lowest BCUT2D eigenvalue weighted by Crippen LogP contribution is -2.29. The van der Waals surface area contributed by atoms with Gasteiger partial charge in [0.15, 0.2) is 0 Å². The van der Waals surface area contributed by atoms with Crippen LogP contribution in [0.4, 0.5) is 4.39 Å². The number of nitrogens with one attached hydrogen (secondary N) is 1. The Labute approximate surface area is 103 Å². The zero-order valence-corrected chi connectivity index (χ0v) is 11.0. The molecule has 1 aliphatic carbocycles. The van der Waals surface area contributed by atoms with Gasteiger partial charge in [-0.3, -0.25) is 0 Å². The van der Waals surface area contributed by atoms with Crippen LogP contribution in [0.15, 0.2) is 18.2 Å². The van der Waals surface area contributed by atoms with Crippen molar-refractivity contribution in [2.45, 2.75) is 39.2 Å². The van der Waals surface area contributed by atoms with Crippen LogP contribution < -0.4 is 5.32 Å². The van der Waals surface area contributed by atoms with E-state index >= 15 is 0 Å². The molecule has 1 aromatic carbocycles. The van der Waals surface area contributed by atoms with Crippen molar-refractivity contribution in [3.05, 3.63) is 35.1 Å². The molecule has 3 unspecified atom stereocenters. The van der Waals surface area contributed by atoms with Gasteiger partial charge < -0.3 is 5.32 Å². The van der Waals surface area contributed by atoms with E-state index in [0.717, 1.165) is 6.42 Å². The molecule has 0 aromatic heterocycles. The molecule has 1 fully saturated rings. The number of benzene rings is 1. The third kappa shape index (κ3) is 2.68. The Morgan fingerprint density at radius 3 is 2.76 bits per heavy atom. The van der Waals surface area contributed by atoms with Crippen LogP contribution >= 0.6 is 0 Å². The molecular weight excluding hydrogens is 213 g/mol. The molecule has 94 valence electrons. The maximum absolute atomic E-state index is 13.2. The van der Waals surface area contributed by atoms with Crippen LogP contribution in [0, 0.1) is 24.6 Å². The van der Waals surface area contributed by atoms with Crippen LogP contribution in [0.25, 0.3) is 0 Å². The highest BCUT2D eigenvalue weighted by Crippen LogP contribution is 2.34. The minimum atomic E-state index is -0.110. The van der Waals surface area contributed by atoms with Crippen LogP contribution in [0.3, 0.4) is 0 Å². The van der Waals surface area contributed by atoms with Crippen LogP contribution in [-0.4, -0.2) is 13.1 Å². The lowest BCUT2D eigenvalue weighted by Gasteiger charge is -2.21. The predicted molar refractivity (Wildman–Crippen MR) is 69.6 cm³/mol. The summed E-state index contributed by atoms with van der Waals surface area (Å²) in [6.45, 7) is 4.39. The molecule has 1 nitrogen and oxygen atoms in total. The Morgan fingerprint density at radius 1 is 1.35 bits per heavy atom. The number of hydrogen-bond acceptors (Lipinski definition) is 1. The van der Waals surface area contributed by atoms with Crippen LogP contribution in [0.5, 0.6) is 0 Å². The molecule has 0 spiro atoms. The first kappa shape index (κ1) is 12.6. The molecule has 0 aliphatic heterocycles. The highest BCUT2D eigenvalue weighted by Gasteiger charge is 2.31. The summed E-state index contributed by atoms with van der Waals surface area (Å²) < 4.78 is 13.2. The number of rotatable bonds is 3. The van der Waals surface area contributed by atoms with Crippen molar-refractivity contribution in [2.24, 2.45) is 11.8 Å². The van der Waals surface area contributed by atoms with E-state index in [2.05, 4.69) is 19.2 Å². The molecule has 0 heterocycles. The average molecular weight is 235 g/mol. The molecule has 2 rings (SSSR count). The average Bonchev–Trinajstić information content (AvgIpc) is 2.65. The fourth-order valence-electron chi connectivity index (χ4n) is 3.09. The van der Waals surface area contributed by atoms with Crippen molar-refractivity contribution in [3.63, 3.8) is 0 Å². The predicted octanol–water partition coefficient (Wildman–Crippen LogP) is 3.31. The fourth-order valence-corrected chi connectivity index (χ4v) is 3.09. The Morgan fingerprint density at radius 2 is 2.12 bits per heavy atom. The summed E-state index contributed by atoms with van der Waals surface area (Å²) in [5.41, 5.74) is 2.39. The van der Waals surface area contributed by atoms with E-state index in [4.69, 9.17) is 0 Å². The van der Waals surface area contributed by atoms with Gasteiger partial charge in [-0.25, -0.2) is 4.39 Å². The topological polar surface area (TPSA) is 12.0 Å². The molecule has 0 amide bonds. The summed E-state index contributed by atoms with van der Waals surface area (Å²) in [6.07, 6.45) is 3.52. The standard InChI is InChI=1S/C15H22FN/c1-10-4-6-14(16)9-13(10)8-12-5-7-15(17-3)11(12)2/h4,6,9,11-12,15,17H,5,7-8H2,1-3H3. The third-order valence-corrected chi connectivity index (χ3v) is 4.39. The summed E-state index contributed by atoms with van der Waals surface area (Å²) in [5.74, 6) is 1.26. The molecular formula is C15H22FN. The second kappa shape index (κ2) is 5.18. The summed E-state index contributed by atoms with van der Waals surface area (Å²) in [5, 5.41) is 3.38. The first-order chi connectivity index (χ1) is 8.11. The number of halogens is 1. The molecule has 1 aromatic rings. The van der Waals surface area contributed by atoms with E-state index in [1.54, 1.807) is 12.1 Å². The van der Waals surface area contributed by atoms with E-state index in [9.17, 15) is 4.39 Å². The maximum atomic E-state index is 13.2. The highest BCUT2D eigenvalue weighted by atomic mass is 19.1. The summed E-state index contributed by atoms with van der Waals surface area (Å²) in [7, 11) is 2.04. The summed E-state index contributed by atoms with van der Waals surface area (Å²) >= 11 is 0. The fraction of sp³-hybridized carbons (Fsp3) is 0.600. The molecule has 1 saturated carbocycles. The minimum absolute atomic E-state index is 0.110. The zero-order valence-electron chi connectivity index (χ0n) is 11.0. The Hall–Kier alpha value is -0.890. The van der Waals surface area contributed by atoms with Crippen molar-refractivity contribution < 1.29 is 4.39 Å². The smallest absolute Gasteiger partial charge is 0.123 e. The number of hydrogen-bond donors (Lipinski definition) is 1. The molecule has 17 heavy (non-hydrogen) atoms.